The molecule has 2 rings (SSSR count). The fraction of sp³-hybridized carbons (Fsp3) is 0.455. The monoisotopic (exact) mass is 191 g/mol. The van der Waals surface area contributed by atoms with Gasteiger partial charge in [-0.15, -0.1) is 0 Å². The molecular weight excluding hydrogens is 174 g/mol. The molecule has 76 valence electrons. The first kappa shape index (κ1) is 9.19. The predicted molar refractivity (Wildman–Crippen MR) is 59.3 cm³/mol. The molecule has 1 aromatic rings. The summed E-state index contributed by atoms with van der Waals surface area (Å²) in [5.41, 5.74) is 2.18. The zero-order valence-electron chi connectivity index (χ0n) is 8.62. The van der Waals surface area contributed by atoms with Crippen molar-refractivity contribution >= 4 is 5.69 Å². The van der Waals surface area contributed by atoms with Crippen molar-refractivity contribution in [3.05, 3.63) is 30.0 Å². The van der Waals surface area contributed by atoms with Crippen LogP contribution in [-0.2, 0) is 6.42 Å². The lowest BCUT2D eigenvalue weighted by atomic mass is 10.1. The molecule has 1 aromatic heterocycles. The minimum absolute atomic E-state index is 0. The van der Waals surface area contributed by atoms with E-state index in [0.717, 1.165) is 30.0 Å². The van der Waals surface area contributed by atoms with Gasteiger partial charge in [-0.1, -0.05) is 19.9 Å². The van der Waals surface area contributed by atoms with E-state index in [1.807, 2.05) is 12.4 Å². The molecule has 1 aliphatic rings. The third-order valence-electron chi connectivity index (χ3n) is 2.31. The van der Waals surface area contributed by atoms with Gasteiger partial charge in [-0.2, -0.15) is 0 Å². The van der Waals surface area contributed by atoms with Gasteiger partial charge in [0.2, 0.25) is 0 Å². The van der Waals surface area contributed by atoms with E-state index in [2.05, 4.69) is 35.2 Å². The maximum atomic E-state index is 4.56. The number of nitrogens with zero attached hydrogens (tertiary/aromatic N) is 2. The number of fused-ring (bicyclic) bond motifs is 1. The van der Waals surface area contributed by atoms with E-state index in [0.29, 0.717) is 5.92 Å². The quantitative estimate of drug-likeness (QED) is 0.741. The molecule has 0 fully saturated rings. The molecule has 0 spiro atoms. The third-order valence-corrected chi connectivity index (χ3v) is 2.31. The summed E-state index contributed by atoms with van der Waals surface area (Å²) >= 11 is 0. The van der Waals surface area contributed by atoms with Crippen LogP contribution >= 0.6 is 0 Å². The lowest BCUT2D eigenvalue weighted by molar-refractivity contribution is 0.756. The van der Waals surface area contributed by atoms with E-state index in [9.17, 15) is 0 Å². The van der Waals surface area contributed by atoms with Gasteiger partial charge in [0.1, 0.15) is 5.82 Å². The Bertz CT molecular complexity index is 361. The van der Waals surface area contributed by atoms with Crippen LogP contribution in [0.2, 0.25) is 0 Å². The van der Waals surface area contributed by atoms with Crippen molar-refractivity contribution in [2.75, 3.05) is 5.32 Å². The van der Waals surface area contributed by atoms with E-state index in [1.165, 1.54) is 0 Å². The highest BCUT2D eigenvalue weighted by Crippen LogP contribution is 2.19. The molecule has 0 aliphatic carbocycles. The summed E-state index contributed by atoms with van der Waals surface area (Å²) in [6.45, 7) is 4.23. The first-order chi connectivity index (χ1) is 6.77. The Morgan fingerprint density at radius 1 is 1.50 bits per heavy atom. The standard InChI is InChI=1S/C11H15N3.H2/c1-8(2)11-13-7-10-9(14-11)5-3-4-6-12-10;/h4,6-8,12H,3,5H2,1-2H3;1H. The SMILES string of the molecule is CC(C)c1ncc2c(n1)CCC=CN2.[HH]. The number of rotatable bonds is 1. The highest BCUT2D eigenvalue weighted by Gasteiger charge is 2.09. The van der Waals surface area contributed by atoms with Crippen molar-refractivity contribution in [1.82, 2.24) is 9.97 Å². The maximum Gasteiger partial charge on any atom is 0.131 e. The maximum absolute atomic E-state index is 4.56. The summed E-state index contributed by atoms with van der Waals surface area (Å²) in [4.78, 5) is 8.88. The minimum Gasteiger partial charge on any atom is -0.359 e. The molecule has 0 radical (unpaired) electrons. The molecule has 1 aliphatic heterocycles. The van der Waals surface area contributed by atoms with Gasteiger partial charge < -0.3 is 5.32 Å². The van der Waals surface area contributed by atoms with Crippen molar-refractivity contribution in [2.45, 2.75) is 32.6 Å². The van der Waals surface area contributed by atoms with Crippen molar-refractivity contribution in [1.29, 1.82) is 0 Å². The summed E-state index contributed by atoms with van der Waals surface area (Å²) in [6, 6.07) is 0. The molecule has 0 atom stereocenters. The number of hydrogen-bond acceptors (Lipinski definition) is 3. The molecule has 3 nitrogen and oxygen atoms in total. The van der Waals surface area contributed by atoms with Crippen LogP contribution < -0.4 is 5.32 Å². The summed E-state index contributed by atoms with van der Waals surface area (Å²) in [5, 5.41) is 3.19. The largest absolute Gasteiger partial charge is 0.359 e. The van der Waals surface area contributed by atoms with Gasteiger partial charge in [0.15, 0.2) is 0 Å². The van der Waals surface area contributed by atoms with Gasteiger partial charge in [-0.25, -0.2) is 9.97 Å². The second kappa shape index (κ2) is 3.78. The van der Waals surface area contributed by atoms with Gasteiger partial charge in [0, 0.05) is 7.34 Å². The minimum atomic E-state index is 0. The fourth-order valence-corrected chi connectivity index (χ4v) is 1.47. The molecule has 0 amide bonds. The molecular formula is C11H17N3. The van der Waals surface area contributed by atoms with Gasteiger partial charge in [-0.3, -0.25) is 0 Å². The van der Waals surface area contributed by atoms with Crippen molar-refractivity contribution in [3.63, 3.8) is 0 Å². The van der Waals surface area contributed by atoms with Crippen molar-refractivity contribution in [3.8, 4) is 0 Å². The van der Waals surface area contributed by atoms with Crippen molar-refractivity contribution in [2.24, 2.45) is 0 Å². The fourth-order valence-electron chi connectivity index (χ4n) is 1.47. The Morgan fingerprint density at radius 3 is 3.14 bits per heavy atom. The predicted octanol–water partition coefficient (Wildman–Crippen LogP) is 2.72. The second-order valence-electron chi connectivity index (χ2n) is 3.83. The van der Waals surface area contributed by atoms with Gasteiger partial charge >= 0.3 is 0 Å². The first-order valence-electron chi connectivity index (χ1n) is 5.04. The Hall–Kier alpha value is -1.38. The van der Waals surface area contributed by atoms with Crippen LogP contribution in [0.4, 0.5) is 5.69 Å². The van der Waals surface area contributed by atoms with Crippen LogP contribution in [0.5, 0.6) is 0 Å². The van der Waals surface area contributed by atoms with Crippen LogP contribution in [0, 0.1) is 0 Å². The molecule has 0 saturated carbocycles. The normalized spacial score (nSPS) is 14.8. The van der Waals surface area contributed by atoms with Crippen LogP contribution in [0.25, 0.3) is 0 Å². The molecule has 14 heavy (non-hydrogen) atoms. The average molecular weight is 191 g/mol. The zero-order chi connectivity index (χ0) is 9.97. The van der Waals surface area contributed by atoms with E-state index in [1.54, 1.807) is 0 Å². The highest BCUT2D eigenvalue weighted by atomic mass is 15.0. The Labute approximate surface area is 85.8 Å². The van der Waals surface area contributed by atoms with E-state index in [-0.39, 0.29) is 1.43 Å². The van der Waals surface area contributed by atoms with Crippen LogP contribution in [-0.4, -0.2) is 9.97 Å². The summed E-state index contributed by atoms with van der Waals surface area (Å²) in [7, 11) is 0. The second-order valence-corrected chi connectivity index (χ2v) is 3.83. The third kappa shape index (κ3) is 1.76. The van der Waals surface area contributed by atoms with Gasteiger partial charge in [0.05, 0.1) is 17.6 Å². The number of hydrogen-bond donors (Lipinski definition) is 1. The number of anilines is 1. The molecule has 2 heterocycles. The van der Waals surface area contributed by atoms with E-state index < -0.39 is 0 Å². The van der Waals surface area contributed by atoms with E-state index in [4.69, 9.17) is 0 Å². The Balaban J connectivity index is 0.00000112. The first-order valence-corrected chi connectivity index (χ1v) is 5.04. The summed E-state index contributed by atoms with van der Waals surface area (Å²) in [6.07, 6.45) is 8.02. The van der Waals surface area contributed by atoms with Crippen LogP contribution in [0.3, 0.4) is 0 Å². The van der Waals surface area contributed by atoms with Crippen LogP contribution in [0.15, 0.2) is 18.5 Å². The summed E-state index contributed by atoms with van der Waals surface area (Å²) < 4.78 is 0. The molecule has 0 unspecified atom stereocenters. The van der Waals surface area contributed by atoms with Crippen molar-refractivity contribution < 1.29 is 1.43 Å². The molecule has 0 saturated heterocycles. The Morgan fingerprint density at radius 2 is 2.36 bits per heavy atom. The van der Waals surface area contributed by atoms with Gasteiger partial charge in [0.25, 0.3) is 0 Å². The molecule has 1 N–H and O–H groups in total. The summed E-state index contributed by atoms with van der Waals surface area (Å²) in [5.74, 6) is 1.34. The number of aromatic nitrogens is 2. The molecule has 3 heteroatoms. The Kier molecular flexibility index (Phi) is 2.48. The van der Waals surface area contributed by atoms with Gasteiger partial charge in [-0.05, 0) is 19.0 Å². The number of allylic oxidation sites excluding steroid dienone is 1. The lowest BCUT2D eigenvalue weighted by Crippen LogP contribution is -2.03. The lowest BCUT2D eigenvalue weighted by Gasteiger charge is -2.09. The zero-order valence-corrected chi connectivity index (χ0v) is 8.62. The highest BCUT2D eigenvalue weighted by molar-refractivity contribution is 5.49. The van der Waals surface area contributed by atoms with E-state index >= 15 is 0 Å². The van der Waals surface area contributed by atoms with Crippen LogP contribution in [0.1, 0.15) is 39.1 Å². The number of nitrogens with one attached hydrogen (secondary N) is 1. The number of aryl methyl sites for hydroxylation is 1. The smallest absolute Gasteiger partial charge is 0.131 e. The molecule has 0 bridgehead atoms. The average Bonchev–Trinajstić information content (AvgIpc) is 2.41. The topological polar surface area (TPSA) is 37.8 Å². The molecule has 0 aromatic carbocycles.